The molecule has 0 aromatic heterocycles. The molecule has 0 N–H and O–H groups in total. The maximum Gasteiger partial charge on any atom is 0.231 e. The topological polar surface area (TPSA) is 44.8 Å². The standard InChI is InChI=1S/C14H18O4/c1-2-3-4-7-16-9-12(15)11-5-6-13-14(8-11)18-10-17-13/h5-6,8H,2-4,7,9-10H2,1H3. The Kier molecular flexibility index (Phi) is 4.59. The molecular weight excluding hydrogens is 232 g/mol. The maximum atomic E-state index is 11.9. The van der Waals surface area contributed by atoms with Crippen LogP contribution >= 0.6 is 0 Å². The predicted octanol–water partition coefficient (Wildman–Crippen LogP) is 2.80. The number of Topliss-reactive ketones (excluding diaryl/α,β-unsaturated/α-hetero) is 1. The van der Waals surface area contributed by atoms with Gasteiger partial charge in [0.15, 0.2) is 17.3 Å². The van der Waals surface area contributed by atoms with Crippen LogP contribution < -0.4 is 9.47 Å². The van der Waals surface area contributed by atoms with Gasteiger partial charge in [0, 0.05) is 12.2 Å². The zero-order valence-corrected chi connectivity index (χ0v) is 10.6. The molecule has 0 unspecified atom stereocenters. The van der Waals surface area contributed by atoms with E-state index in [4.69, 9.17) is 14.2 Å². The van der Waals surface area contributed by atoms with Gasteiger partial charge >= 0.3 is 0 Å². The first-order chi connectivity index (χ1) is 8.81. The summed E-state index contributed by atoms with van der Waals surface area (Å²) in [6, 6.07) is 5.21. The highest BCUT2D eigenvalue weighted by Gasteiger charge is 2.16. The Bertz CT molecular complexity index is 414. The molecule has 0 amide bonds. The SMILES string of the molecule is CCCCCOCC(=O)c1ccc2c(c1)OCO2. The summed E-state index contributed by atoms with van der Waals surface area (Å²) in [5.41, 5.74) is 0.606. The van der Waals surface area contributed by atoms with E-state index in [1.807, 2.05) is 0 Å². The van der Waals surface area contributed by atoms with Gasteiger partial charge in [-0.2, -0.15) is 0 Å². The smallest absolute Gasteiger partial charge is 0.231 e. The lowest BCUT2D eigenvalue weighted by Gasteiger charge is -2.04. The van der Waals surface area contributed by atoms with Crippen LogP contribution in [0.15, 0.2) is 18.2 Å². The van der Waals surface area contributed by atoms with Crippen molar-refractivity contribution in [2.45, 2.75) is 26.2 Å². The number of benzene rings is 1. The van der Waals surface area contributed by atoms with E-state index < -0.39 is 0 Å². The fraction of sp³-hybridized carbons (Fsp3) is 0.500. The van der Waals surface area contributed by atoms with Crippen molar-refractivity contribution in [3.05, 3.63) is 23.8 Å². The van der Waals surface area contributed by atoms with E-state index >= 15 is 0 Å². The van der Waals surface area contributed by atoms with Crippen LogP contribution in [0.3, 0.4) is 0 Å². The van der Waals surface area contributed by atoms with E-state index in [1.54, 1.807) is 18.2 Å². The molecule has 2 rings (SSSR count). The molecular formula is C14H18O4. The minimum Gasteiger partial charge on any atom is -0.454 e. The first-order valence-electron chi connectivity index (χ1n) is 6.32. The molecule has 0 aliphatic carbocycles. The zero-order valence-electron chi connectivity index (χ0n) is 10.6. The molecule has 0 saturated heterocycles. The Hall–Kier alpha value is -1.55. The molecule has 4 heteroatoms. The molecule has 1 aliphatic rings. The molecule has 0 bridgehead atoms. The lowest BCUT2D eigenvalue weighted by atomic mass is 10.1. The highest BCUT2D eigenvalue weighted by molar-refractivity contribution is 5.97. The van der Waals surface area contributed by atoms with Crippen LogP contribution in [0.5, 0.6) is 11.5 Å². The highest BCUT2D eigenvalue weighted by Crippen LogP contribution is 2.32. The largest absolute Gasteiger partial charge is 0.454 e. The third-order valence-electron chi connectivity index (χ3n) is 2.82. The quantitative estimate of drug-likeness (QED) is 0.551. The van der Waals surface area contributed by atoms with E-state index in [0.29, 0.717) is 23.7 Å². The number of rotatable bonds is 7. The summed E-state index contributed by atoms with van der Waals surface area (Å²) in [6.07, 6.45) is 3.29. The molecule has 1 heterocycles. The van der Waals surface area contributed by atoms with Crippen molar-refractivity contribution in [3.8, 4) is 11.5 Å². The molecule has 0 spiro atoms. The molecule has 98 valence electrons. The minimum atomic E-state index is -0.0233. The van der Waals surface area contributed by atoms with Crippen molar-refractivity contribution >= 4 is 5.78 Å². The third kappa shape index (κ3) is 3.23. The van der Waals surface area contributed by atoms with Crippen LogP contribution in [0.25, 0.3) is 0 Å². The summed E-state index contributed by atoms with van der Waals surface area (Å²) in [4.78, 5) is 11.9. The van der Waals surface area contributed by atoms with Gasteiger partial charge in [-0.3, -0.25) is 4.79 Å². The van der Waals surface area contributed by atoms with Crippen LogP contribution in [0, 0.1) is 0 Å². The summed E-state index contributed by atoms with van der Waals surface area (Å²) in [6.45, 7) is 3.13. The van der Waals surface area contributed by atoms with E-state index in [0.717, 1.165) is 19.3 Å². The molecule has 0 fully saturated rings. The van der Waals surface area contributed by atoms with E-state index in [9.17, 15) is 4.79 Å². The Balaban J connectivity index is 1.82. The average Bonchev–Trinajstić information content (AvgIpc) is 2.85. The molecule has 1 aromatic carbocycles. The number of hydrogen-bond acceptors (Lipinski definition) is 4. The summed E-state index contributed by atoms with van der Waals surface area (Å²) in [5.74, 6) is 1.30. The van der Waals surface area contributed by atoms with Gasteiger partial charge in [-0.15, -0.1) is 0 Å². The van der Waals surface area contributed by atoms with Gasteiger partial charge in [-0.1, -0.05) is 19.8 Å². The molecule has 1 aromatic rings. The lowest BCUT2D eigenvalue weighted by molar-refractivity contribution is 0.0752. The number of carbonyl (C=O) groups excluding carboxylic acids is 1. The average molecular weight is 250 g/mol. The van der Waals surface area contributed by atoms with Crippen molar-refractivity contribution in [3.63, 3.8) is 0 Å². The molecule has 0 radical (unpaired) electrons. The van der Waals surface area contributed by atoms with Gasteiger partial charge < -0.3 is 14.2 Å². The van der Waals surface area contributed by atoms with Crippen molar-refractivity contribution in [2.75, 3.05) is 20.0 Å². The lowest BCUT2D eigenvalue weighted by Crippen LogP contribution is -2.09. The van der Waals surface area contributed by atoms with Crippen molar-refractivity contribution in [1.82, 2.24) is 0 Å². The highest BCUT2D eigenvalue weighted by atomic mass is 16.7. The molecule has 0 atom stereocenters. The molecule has 18 heavy (non-hydrogen) atoms. The normalized spacial score (nSPS) is 12.7. The van der Waals surface area contributed by atoms with Crippen LogP contribution in [-0.2, 0) is 4.74 Å². The minimum absolute atomic E-state index is 0.0233. The second-order valence-corrected chi connectivity index (χ2v) is 4.25. The van der Waals surface area contributed by atoms with Gasteiger partial charge in [0.1, 0.15) is 6.61 Å². The van der Waals surface area contributed by atoms with Crippen LogP contribution in [0.4, 0.5) is 0 Å². The number of unbranched alkanes of at least 4 members (excludes halogenated alkanes) is 2. The Morgan fingerprint density at radius 1 is 1.28 bits per heavy atom. The van der Waals surface area contributed by atoms with Crippen LogP contribution in [0.1, 0.15) is 36.5 Å². The fourth-order valence-corrected chi connectivity index (χ4v) is 1.77. The summed E-state index contributed by atoms with van der Waals surface area (Å²) in [7, 11) is 0. The Morgan fingerprint density at radius 3 is 2.94 bits per heavy atom. The van der Waals surface area contributed by atoms with Gasteiger partial charge in [-0.25, -0.2) is 0 Å². The summed E-state index contributed by atoms with van der Waals surface area (Å²) < 4.78 is 15.8. The van der Waals surface area contributed by atoms with Crippen LogP contribution in [-0.4, -0.2) is 25.8 Å². The molecule has 0 saturated carbocycles. The molecule has 1 aliphatic heterocycles. The summed E-state index contributed by atoms with van der Waals surface area (Å²) >= 11 is 0. The second kappa shape index (κ2) is 6.40. The molecule has 4 nitrogen and oxygen atoms in total. The fourth-order valence-electron chi connectivity index (χ4n) is 1.77. The Labute approximate surface area is 107 Å². The number of ketones is 1. The van der Waals surface area contributed by atoms with Gasteiger partial charge in [0.2, 0.25) is 6.79 Å². The van der Waals surface area contributed by atoms with Gasteiger partial charge in [0.05, 0.1) is 0 Å². The Morgan fingerprint density at radius 2 is 2.11 bits per heavy atom. The third-order valence-corrected chi connectivity index (χ3v) is 2.82. The van der Waals surface area contributed by atoms with E-state index in [-0.39, 0.29) is 19.2 Å². The summed E-state index contributed by atoms with van der Waals surface area (Å²) in [5, 5.41) is 0. The second-order valence-electron chi connectivity index (χ2n) is 4.25. The van der Waals surface area contributed by atoms with Crippen molar-refractivity contribution in [2.24, 2.45) is 0 Å². The monoisotopic (exact) mass is 250 g/mol. The number of ether oxygens (including phenoxy) is 3. The maximum absolute atomic E-state index is 11.9. The number of hydrogen-bond donors (Lipinski definition) is 0. The zero-order chi connectivity index (χ0) is 12.8. The first kappa shape index (κ1) is 12.9. The van der Waals surface area contributed by atoms with Crippen molar-refractivity contribution < 1.29 is 19.0 Å². The van der Waals surface area contributed by atoms with E-state index in [2.05, 4.69) is 6.92 Å². The van der Waals surface area contributed by atoms with Gasteiger partial charge in [-0.05, 0) is 24.6 Å². The predicted molar refractivity (Wildman–Crippen MR) is 67.2 cm³/mol. The van der Waals surface area contributed by atoms with Crippen molar-refractivity contribution in [1.29, 1.82) is 0 Å². The first-order valence-corrected chi connectivity index (χ1v) is 6.32. The van der Waals surface area contributed by atoms with E-state index in [1.165, 1.54) is 0 Å². The van der Waals surface area contributed by atoms with Gasteiger partial charge in [0.25, 0.3) is 0 Å². The number of carbonyl (C=O) groups is 1. The van der Waals surface area contributed by atoms with Crippen LogP contribution in [0.2, 0.25) is 0 Å². The number of fused-ring (bicyclic) bond motifs is 1.